The highest BCUT2D eigenvalue weighted by molar-refractivity contribution is 7.98. The predicted octanol–water partition coefficient (Wildman–Crippen LogP) is 2.87. The van der Waals surface area contributed by atoms with Crippen molar-refractivity contribution in [3.8, 4) is 5.75 Å². The lowest BCUT2D eigenvalue weighted by atomic mass is 10.2. The minimum atomic E-state index is 0.929. The minimum absolute atomic E-state index is 0.929. The molecule has 0 aromatic heterocycles. The third kappa shape index (κ3) is 4.28. The normalized spacial score (nSPS) is 10.4. The van der Waals surface area contributed by atoms with Crippen molar-refractivity contribution in [3.63, 3.8) is 0 Å². The van der Waals surface area contributed by atoms with E-state index in [1.807, 2.05) is 17.8 Å². The summed E-state index contributed by atoms with van der Waals surface area (Å²) < 4.78 is 5.29. The van der Waals surface area contributed by atoms with Gasteiger partial charge in [-0.2, -0.15) is 11.8 Å². The van der Waals surface area contributed by atoms with Crippen molar-refractivity contribution < 1.29 is 4.74 Å². The molecule has 0 unspecified atom stereocenters. The molecule has 0 aliphatic heterocycles. The van der Waals surface area contributed by atoms with Crippen LogP contribution in [0.3, 0.4) is 0 Å². The molecule has 1 N–H and O–H groups in total. The van der Waals surface area contributed by atoms with Crippen LogP contribution < -0.4 is 10.1 Å². The zero-order valence-electron chi connectivity index (χ0n) is 10.1. The summed E-state index contributed by atoms with van der Waals surface area (Å²) in [5.41, 5.74) is 1.31. The van der Waals surface area contributed by atoms with Crippen LogP contribution in [0.15, 0.2) is 23.1 Å². The molecule has 0 atom stereocenters. The number of rotatable bonds is 7. The molecule has 0 bridgehead atoms. The molecule has 0 fully saturated rings. The summed E-state index contributed by atoms with van der Waals surface area (Å²) in [5, 5.41) is 3.42. The first-order chi connectivity index (χ1) is 7.81. The lowest BCUT2D eigenvalue weighted by molar-refractivity contribution is 0.404. The Balaban J connectivity index is 2.54. The Morgan fingerprint density at radius 1 is 1.31 bits per heavy atom. The largest absolute Gasteiger partial charge is 0.496 e. The Morgan fingerprint density at radius 2 is 2.12 bits per heavy atom. The predicted molar refractivity (Wildman–Crippen MR) is 74.9 cm³/mol. The first-order valence-electron chi connectivity index (χ1n) is 5.22. The number of thioether (sulfide) groups is 2. The van der Waals surface area contributed by atoms with E-state index in [2.05, 4.69) is 30.0 Å². The van der Waals surface area contributed by atoms with Crippen LogP contribution in [0.2, 0.25) is 0 Å². The lowest BCUT2D eigenvalue weighted by Crippen LogP contribution is -2.16. The average molecular weight is 257 g/mol. The summed E-state index contributed by atoms with van der Waals surface area (Å²) >= 11 is 3.58. The molecule has 1 rings (SSSR count). The van der Waals surface area contributed by atoms with E-state index in [1.54, 1.807) is 18.9 Å². The summed E-state index contributed by atoms with van der Waals surface area (Å²) in [6.07, 6.45) is 4.20. The molecule has 0 radical (unpaired) electrons. The number of hydrogen-bond donors (Lipinski definition) is 1. The molecule has 1 aromatic carbocycles. The standard InChI is InChI=1S/C12H19NOS2/c1-14-11-5-4-10(8-12(11)16-3)9-13-6-7-15-2/h4-5,8,13H,6-7,9H2,1-3H3. The Morgan fingerprint density at radius 3 is 2.75 bits per heavy atom. The van der Waals surface area contributed by atoms with E-state index in [0.29, 0.717) is 0 Å². The summed E-state index contributed by atoms with van der Waals surface area (Å²) in [7, 11) is 1.71. The summed E-state index contributed by atoms with van der Waals surface area (Å²) in [6, 6.07) is 6.34. The fraction of sp³-hybridized carbons (Fsp3) is 0.500. The van der Waals surface area contributed by atoms with Gasteiger partial charge in [0.25, 0.3) is 0 Å². The highest BCUT2D eigenvalue weighted by Crippen LogP contribution is 2.28. The van der Waals surface area contributed by atoms with Crippen molar-refractivity contribution in [2.45, 2.75) is 11.4 Å². The van der Waals surface area contributed by atoms with Gasteiger partial charge in [0.2, 0.25) is 0 Å². The van der Waals surface area contributed by atoms with Crippen molar-refractivity contribution in [2.24, 2.45) is 0 Å². The Hall–Kier alpha value is -0.320. The van der Waals surface area contributed by atoms with Crippen LogP contribution in [-0.2, 0) is 6.54 Å². The van der Waals surface area contributed by atoms with Crippen molar-refractivity contribution in [1.29, 1.82) is 0 Å². The van der Waals surface area contributed by atoms with Crippen LogP contribution in [0, 0.1) is 0 Å². The number of hydrogen-bond acceptors (Lipinski definition) is 4. The van der Waals surface area contributed by atoms with E-state index in [0.717, 1.165) is 24.6 Å². The van der Waals surface area contributed by atoms with Gasteiger partial charge in [-0.05, 0) is 30.2 Å². The van der Waals surface area contributed by atoms with Gasteiger partial charge in [0, 0.05) is 23.7 Å². The monoisotopic (exact) mass is 257 g/mol. The molecular formula is C12H19NOS2. The third-order valence-corrected chi connectivity index (χ3v) is 3.63. The average Bonchev–Trinajstić information content (AvgIpc) is 2.34. The first-order valence-corrected chi connectivity index (χ1v) is 7.84. The zero-order chi connectivity index (χ0) is 11.8. The van der Waals surface area contributed by atoms with Gasteiger partial charge in [-0.25, -0.2) is 0 Å². The van der Waals surface area contributed by atoms with Crippen LogP contribution in [0.25, 0.3) is 0 Å². The van der Waals surface area contributed by atoms with E-state index in [1.165, 1.54) is 10.5 Å². The number of methoxy groups -OCH3 is 1. The van der Waals surface area contributed by atoms with Gasteiger partial charge in [-0.15, -0.1) is 11.8 Å². The molecule has 0 saturated heterocycles. The van der Waals surface area contributed by atoms with Crippen LogP contribution in [0.5, 0.6) is 5.75 Å². The second kappa shape index (κ2) is 7.87. The second-order valence-corrected chi connectivity index (χ2v) is 5.19. The molecule has 0 amide bonds. The third-order valence-electron chi connectivity index (χ3n) is 2.26. The van der Waals surface area contributed by atoms with Gasteiger partial charge in [-0.1, -0.05) is 6.07 Å². The smallest absolute Gasteiger partial charge is 0.132 e. The van der Waals surface area contributed by atoms with Gasteiger partial charge in [0.15, 0.2) is 0 Å². The van der Waals surface area contributed by atoms with Gasteiger partial charge in [-0.3, -0.25) is 0 Å². The van der Waals surface area contributed by atoms with E-state index in [9.17, 15) is 0 Å². The molecule has 0 aliphatic rings. The fourth-order valence-corrected chi connectivity index (χ4v) is 2.37. The maximum atomic E-state index is 5.29. The summed E-state index contributed by atoms with van der Waals surface area (Å²) in [5.74, 6) is 2.12. The Kier molecular flexibility index (Phi) is 6.76. The topological polar surface area (TPSA) is 21.3 Å². The van der Waals surface area contributed by atoms with Crippen molar-refractivity contribution in [2.75, 3.05) is 31.9 Å². The fourth-order valence-electron chi connectivity index (χ4n) is 1.40. The van der Waals surface area contributed by atoms with Crippen molar-refractivity contribution in [3.05, 3.63) is 23.8 Å². The molecule has 4 heteroatoms. The molecule has 0 saturated carbocycles. The second-order valence-electron chi connectivity index (χ2n) is 3.36. The molecule has 2 nitrogen and oxygen atoms in total. The highest BCUT2D eigenvalue weighted by atomic mass is 32.2. The quantitative estimate of drug-likeness (QED) is 0.599. The summed E-state index contributed by atoms with van der Waals surface area (Å²) in [6.45, 7) is 1.99. The van der Waals surface area contributed by atoms with Gasteiger partial charge >= 0.3 is 0 Å². The maximum Gasteiger partial charge on any atom is 0.132 e. The number of ether oxygens (including phenoxy) is 1. The molecule has 1 aromatic rings. The van der Waals surface area contributed by atoms with Crippen LogP contribution in [0.1, 0.15) is 5.56 Å². The molecule has 0 spiro atoms. The molecule has 90 valence electrons. The van der Waals surface area contributed by atoms with Crippen LogP contribution in [0.4, 0.5) is 0 Å². The minimum Gasteiger partial charge on any atom is -0.496 e. The molecule has 16 heavy (non-hydrogen) atoms. The number of benzene rings is 1. The van der Waals surface area contributed by atoms with Gasteiger partial charge in [0.1, 0.15) is 5.75 Å². The van der Waals surface area contributed by atoms with E-state index < -0.39 is 0 Å². The lowest BCUT2D eigenvalue weighted by Gasteiger charge is -2.09. The molecule has 0 heterocycles. The van der Waals surface area contributed by atoms with Crippen LogP contribution >= 0.6 is 23.5 Å². The van der Waals surface area contributed by atoms with Crippen molar-refractivity contribution >= 4 is 23.5 Å². The summed E-state index contributed by atoms with van der Waals surface area (Å²) in [4.78, 5) is 1.20. The SMILES string of the molecule is COc1ccc(CNCCSC)cc1SC. The van der Waals surface area contributed by atoms with E-state index in [-0.39, 0.29) is 0 Å². The maximum absolute atomic E-state index is 5.29. The zero-order valence-corrected chi connectivity index (χ0v) is 11.7. The van der Waals surface area contributed by atoms with Gasteiger partial charge in [0.05, 0.1) is 7.11 Å². The van der Waals surface area contributed by atoms with Gasteiger partial charge < -0.3 is 10.1 Å². The van der Waals surface area contributed by atoms with Crippen LogP contribution in [-0.4, -0.2) is 31.9 Å². The van der Waals surface area contributed by atoms with Crippen molar-refractivity contribution in [1.82, 2.24) is 5.32 Å². The first kappa shape index (κ1) is 13.7. The van der Waals surface area contributed by atoms with E-state index >= 15 is 0 Å². The Labute approximate surface area is 107 Å². The highest BCUT2D eigenvalue weighted by Gasteiger charge is 2.02. The molecule has 0 aliphatic carbocycles. The number of nitrogens with one attached hydrogen (secondary N) is 1. The van der Waals surface area contributed by atoms with E-state index in [4.69, 9.17) is 4.74 Å². The molecular weight excluding hydrogens is 238 g/mol. The Bertz CT molecular complexity index is 318.